The molecule has 0 aliphatic rings. The van der Waals surface area contributed by atoms with Crippen LogP contribution in [0.2, 0.25) is 0 Å². The molecule has 3 N–H and O–H groups in total. The Labute approximate surface area is 162 Å². The van der Waals surface area contributed by atoms with Crippen molar-refractivity contribution in [3.8, 4) is 0 Å². The lowest BCUT2D eigenvalue weighted by atomic mass is 9.85. The summed E-state index contributed by atoms with van der Waals surface area (Å²) in [5.41, 5.74) is 4.54. The van der Waals surface area contributed by atoms with Gasteiger partial charge in [0.15, 0.2) is 0 Å². The standard InChI is InChI=1S/C18H26FN3O4S/c1-6-18(20,14-11-13(22(24)25)7-8-15(14)19)9-10-27-12(2)21-16(23)26-17(3,4)5/h7-8,11H,2,6,9-10,20H2,1,3-5H3,(H,21,23)/t18-/m0/s1. The van der Waals surface area contributed by atoms with Gasteiger partial charge in [0.25, 0.3) is 5.69 Å². The molecule has 0 fully saturated rings. The molecule has 0 aromatic heterocycles. The zero-order chi connectivity index (χ0) is 20.8. The van der Waals surface area contributed by atoms with Gasteiger partial charge < -0.3 is 10.5 Å². The molecule has 1 atom stereocenters. The zero-order valence-electron chi connectivity index (χ0n) is 16.0. The highest BCUT2D eigenvalue weighted by Crippen LogP contribution is 2.32. The van der Waals surface area contributed by atoms with Crippen molar-refractivity contribution < 1.29 is 18.8 Å². The number of halogens is 1. The summed E-state index contributed by atoms with van der Waals surface area (Å²) in [6, 6.07) is 3.34. The van der Waals surface area contributed by atoms with Crippen LogP contribution < -0.4 is 11.1 Å². The highest BCUT2D eigenvalue weighted by Gasteiger charge is 2.30. The number of nitrogens with zero attached hydrogens (tertiary/aromatic N) is 1. The molecule has 1 aromatic rings. The van der Waals surface area contributed by atoms with Crippen molar-refractivity contribution in [2.24, 2.45) is 5.73 Å². The normalized spacial score (nSPS) is 13.6. The molecule has 9 heteroatoms. The van der Waals surface area contributed by atoms with Gasteiger partial charge in [-0.25, -0.2) is 9.18 Å². The molecular weight excluding hydrogens is 373 g/mol. The van der Waals surface area contributed by atoms with Crippen molar-refractivity contribution in [3.63, 3.8) is 0 Å². The van der Waals surface area contributed by atoms with Gasteiger partial charge >= 0.3 is 6.09 Å². The minimum Gasteiger partial charge on any atom is -0.444 e. The average molecular weight is 399 g/mol. The van der Waals surface area contributed by atoms with Gasteiger partial charge in [-0.3, -0.25) is 15.4 Å². The summed E-state index contributed by atoms with van der Waals surface area (Å²) in [7, 11) is 0. The maximum Gasteiger partial charge on any atom is 0.412 e. The Hall–Kier alpha value is -2.13. The van der Waals surface area contributed by atoms with E-state index >= 15 is 0 Å². The third-order valence-corrected chi connectivity index (χ3v) is 4.65. The first-order valence-electron chi connectivity index (χ1n) is 8.43. The van der Waals surface area contributed by atoms with E-state index in [9.17, 15) is 19.3 Å². The van der Waals surface area contributed by atoms with Crippen LogP contribution in [0.3, 0.4) is 0 Å². The van der Waals surface area contributed by atoms with Crippen LogP contribution in [0.25, 0.3) is 0 Å². The molecule has 0 saturated carbocycles. The van der Waals surface area contributed by atoms with Crippen LogP contribution in [-0.4, -0.2) is 22.4 Å². The smallest absolute Gasteiger partial charge is 0.412 e. The fourth-order valence-electron chi connectivity index (χ4n) is 2.32. The van der Waals surface area contributed by atoms with Gasteiger partial charge in [-0.05, 0) is 39.7 Å². The predicted molar refractivity (Wildman–Crippen MR) is 105 cm³/mol. The summed E-state index contributed by atoms with van der Waals surface area (Å²) < 4.78 is 19.4. The summed E-state index contributed by atoms with van der Waals surface area (Å²) in [5, 5.41) is 13.9. The number of amides is 1. The Bertz CT molecular complexity index is 721. The first-order valence-corrected chi connectivity index (χ1v) is 9.41. The fourth-order valence-corrected chi connectivity index (χ4v) is 3.19. The summed E-state index contributed by atoms with van der Waals surface area (Å²) in [4.78, 5) is 22.1. The van der Waals surface area contributed by atoms with Gasteiger partial charge in [0.1, 0.15) is 11.4 Å². The monoisotopic (exact) mass is 399 g/mol. The van der Waals surface area contributed by atoms with Gasteiger partial charge in [0.05, 0.1) is 9.95 Å². The number of nitrogens with two attached hydrogens (primary N) is 1. The summed E-state index contributed by atoms with van der Waals surface area (Å²) >= 11 is 1.24. The summed E-state index contributed by atoms with van der Waals surface area (Å²) in [5.74, 6) is -0.151. The molecule has 0 bridgehead atoms. The number of carbonyl (C=O) groups excluding carboxylic acids is 1. The Balaban J connectivity index is 2.73. The number of nitro benzene ring substituents is 1. The highest BCUT2D eigenvalue weighted by atomic mass is 32.2. The molecular formula is C18H26FN3O4S. The molecule has 0 radical (unpaired) electrons. The Morgan fingerprint density at radius 1 is 1.44 bits per heavy atom. The number of hydrogen-bond acceptors (Lipinski definition) is 6. The lowest BCUT2D eigenvalue weighted by molar-refractivity contribution is -0.385. The lowest BCUT2D eigenvalue weighted by Crippen LogP contribution is -2.38. The van der Waals surface area contributed by atoms with Gasteiger partial charge in [-0.1, -0.05) is 13.5 Å². The number of non-ortho nitro benzene ring substituents is 1. The number of nitro groups is 1. The predicted octanol–water partition coefficient (Wildman–Crippen LogP) is 4.42. The quantitative estimate of drug-likeness (QED) is 0.495. The topological polar surface area (TPSA) is 107 Å². The van der Waals surface area contributed by atoms with Crippen molar-refractivity contribution in [2.75, 3.05) is 5.75 Å². The number of nitrogens with one attached hydrogen (secondary N) is 1. The van der Waals surface area contributed by atoms with Crippen LogP contribution in [0.1, 0.15) is 46.1 Å². The second-order valence-electron chi connectivity index (χ2n) is 7.08. The fraction of sp³-hybridized carbons (Fsp3) is 0.500. The zero-order valence-corrected chi connectivity index (χ0v) is 16.8. The van der Waals surface area contributed by atoms with E-state index in [-0.39, 0.29) is 11.3 Å². The van der Waals surface area contributed by atoms with Gasteiger partial charge in [-0.2, -0.15) is 0 Å². The van der Waals surface area contributed by atoms with Crippen LogP contribution in [0.4, 0.5) is 14.9 Å². The highest BCUT2D eigenvalue weighted by molar-refractivity contribution is 8.03. The molecule has 7 nitrogen and oxygen atoms in total. The van der Waals surface area contributed by atoms with E-state index in [4.69, 9.17) is 10.5 Å². The van der Waals surface area contributed by atoms with Crippen LogP contribution in [0, 0.1) is 15.9 Å². The summed E-state index contributed by atoms with van der Waals surface area (Å²) in [6.45, 7) is 10.8. The maximum absolute atomic E-state index is 14.2. The molecule has 1 aromatic carbocycles. The summed E-state index contributed by atoms with van der Waals surface area (Å²) in [6.07, 6.45) is 0.109. The number of benzene rings is 1. The van der Waals surface area contributed by atoms with E-state index in [0.717, 1.165) is 12.1 Å². The van der Waals surface area contributed by atoms with Crippen molar-refractivity contribution in [1.82, 2.24) is 5.32 Å². The second kappa shape index (κ2) is 9.18. The van der Waals surface area contributed by atoms with E-state index in [0.29, 0.717) is 23.6 Å². The van der Waals surface area contributed by atoms with E-state index in [1.165, 1.54) is 17.8 Å². The Morgan fingerprint density at radius 2 is 2.07 bits per heavy atom. The van der Waals surface area contributed by atoms with E-state index in [1.54, 1.807) is 27.7 Å². The molecule has 0 unspecified atom stereocenters. The number of alkyl carbamates (subject to hydrolysis) is 1. The van der Waals surface area contributed by atoms with E-state index in [1.807, 2.05) is 0 Å². The van der Waals surface area contributed by atoms with Gasteiger partial charge in [-0.15, -0.1) is 11.8 Å². The molecule has 150 valence electrons. The molecule has 0 aliphatic carbocycles. The van der Waals surface area contributed by atoms with Crippen molar-refractivity contribution in [2.45, 2.75) is 51.7 Å². The van der Waals surface area contributed by atoms with Crippen LogP contribution in [0.15, 0.2) is 29.8 Å². The largest absolute Gasteiger partial charge is 0.444 e. The van der Waals surface area contributed by atoms with Crippen LogP contribution >= 0.6 is 11.8 Å². The second-order valence-corrected chi connectivity index (χ2v) is 8.27. The molecule has 1 amide bonds. The van der Waals surface area contributed by atoms with E-state index in [2.05, 4.69) is 11.9 Å². The molecule has 0 aliphatic heterocycles. The number of rotatable bonds is 8. The van der Waals surface area contributed by atoms with E-state index < -0.39 is 28.0 Å². The molecule has 0 saturated heterocycles. The molecule has 27 heavy (non-hydrogen) atoms. The minimum atomic E-state index is -1.07. The van der Waals surface area contributed by atoms with Crippen LogP contribution in [0.5, 0.6) is 0 Å². The molecule has 0 spiro atoms. The lowest BCUT2D eigenvalue weighted by Gasteiger charge is -2.29. The Kier molecular flexibility index (Phi) is 7.79. The molecule has 0 heterocycles. The maximum atomic E-state index is 14.2. The van der Waals surface area contributed by atoms with Gasteiger partial charge in [0, 0.05) is 29.0 Å². The van der Waals surface area contributed by atoms with Gasteiger partial charge in [0.2, 0.25) is 0 Å². The number of thioether (sulfide) groups is 1. The first-order chi connectivity index (χ1) is 12.4. The minimum absolute atomic E-state index is 0.102. The van der Waals surface area contributed by atoms with Crippen molar-refractivity contribution in [1.29, 1.82) is 0 Å². The first kappa shape index (κ1) is 22.9. The SMILES string of the molecule is C=C(NC(=O)OC(C)(C)C)SCC[C@@](N)(CC)c1cc([N+](=O)[O-])ccc1F. The number of hydrogen-bond donors (Lipinski definition) is 2. The van der Waals surface area contributed by atoms with Crippen LogP contribution in [-0.2, 0) is 10.3 Å². The number of ether oxygens (including phenoxy) is 1. The average Bonchev–Trinajstić information content (AvgIpc) is 2.52. The van der Waals surface area contributed by atoms with Crippen molar-refractivity contribution in [3.05, 3.63) is 51.3 Å². The third kappa shape index (κ3) is 7.18. The number of carbonyl (C=O) groups is 1. The third-order valence-electron chi connectivity index (χ3n) is 3.79. The van der Waals surface area contributed by atoms with Crippen molar-refractivity contribution >= 4 is 23.5 Å². The Morgan fingerprint density at radius 3 is 2.59 bits per heavy atom. The molecule has 1 rings (SSSR count).